The van der Waals surface area contributed by atoms with Crippen LogP contribution in [-0.4, -0.2) is 44.7 Å². The average Bonchev–Trinajstić information content (AvgIpc) is 3.38. The molecule has 2 N–H and O–H groups in total. The van der Waals surface area contributed by atoms with Crippen molar-refractivity contribution in [3.63, 3.8) is 0 Å². The zero-order chi connectivity index (χ0) is 29.0. The largest absolute Gasteiger partial charge is 0.439 e. The third kappa shape index (κ3) is 6.89. The third-order valence-electron chi connectivity index (χ3n) is 6.85. The third-order valence-corrected chi connectivity index (χ3v) is 6.85. The summed E-state index contributed by atoms with van der Waals surface area (Å²) in [5.41, 5.74) is 3.47. The van der Waals surface area contributed by atoms with E-state index in [9.17, 15) is 9.59 Å². The van der Waals surface area contributed by atoms with Gasteiger partial charge in [-0.3, -0.25) is 10.1 Å². The van der Waals surface area contributed by atoms with Crippen molar-refractivity contribution in [3.05, 3.63) is 83.7 Å². The van der Waals surface area contributed by atoms with Crippen molar-refractivity contribution in [1.82, 2.24) is 25.1 Å². The van der Waals surface area contributed by atoms with E-state index in [4.69, 9.17) is 9.84 Å². The molecule has 0 atom stereocenters. The van der Waals surface area contributed by atoms with Gasteiger partial charge in [-0.15, -0.1) is 0 Å². The number of benzene rings is 2. The van der Waals surface area contributed by atoms with E-state index in [0.29, 0.717) is 49.3 Å². The number of hydrogen-bond donors (Lipinski definition) is 2. The number of para-hydroxylation sites is 1. The minimum atomic E-state index is -0.363. The molecule has 10 nitrogen and oxygen atoms in total. The van der Waals surface area contributed by atoms with Gasteiger partial charge in [0.05, 0.1) is 11.4 Å². The molecule has 2 aromatic heterocycles. The summed E-state index contributed by atoms with van der Waals surface area (Å²) in [4.78, 5) is 35.5. The van der Waals surface area contributed by atoms with Crippen LogP contribution >= 0.6 is 0 Å². The van der Waals surface area contributed by atoms with Gasteiger partial charge in [-0.05, 0) is 25.1 Å². The van der Waals surface area contributed by atoms with Crippen LogP contribution in [0.1, 0.15) is 50.4 Å². The molecule has 1 saturated heterocycles. The van der Waals surface area contributed by atoms with Crippen molar-refractivity contribution in [2.45, 2.75) is 52.5 Å². The number of Topliss-reactive ketones (excluding diaryl/α,β-unsaturated/α-hetero) is 1. The summed E-state index contributed by atoms with van der Waals surface area (Å²) >= 11 is 0. The SMILES string of the molecule is Cc1ccc(-n2nc(C(C)(C)C)cc2NC(=O)NCc2ccccc2Oc2ccnc(N3CCC(=O)CC3)n2)cc1. The summed E-state index contributed by atoms with van der Waals surface area (Å²) in [6, 6.07) is 18.7. The molecule has 0 unspecified atom stereocenters. The second kappa shape index (κ2) is 11.8. The van der Waals surface area contributed by atoms with E-state index in [1.54, 1.807) is 16.9 Å². The Morgan fingerprint density at radius 2 is 1.76 bits per heavy atom. The van der Waals surface area contributed by atoms with Crippen LogP contribution in [0.25, 0.3) is 5.69 Å². The highest BCUT2D eigenvalue weighted by Gasteiger charge is 2.22. The Hall–Kier alpha value is -4.73. The van der Waals surface area contributed by atoms with Crippen LogP contribution in [0.15, 0.2) is 66.9 Å². The minimum absolute atomic E-state index is 0.189. The molecule has 3 heterocycles. The van der Waals surface area contributed by atoms with E-state index in [1.807, 2.05) is 66.4 Å². The molecule has 5 rings (SSSR count). The fraction of sp³-hybridized carbons (Fsp3) is 0.323. The molecule has 0 saturated carbocycles. The number of anilines is 2. The first-order valence-electron chi connectivity index (χ1n) is 13.7. The number of carbonyl (C=O) groups excluding carboxylic acids is 2. The molecule has 1 aliphatic heterocycles. The zero-order valence-corrected chi connectivity index (χ0v) is 23.8. The topological polar surface area (TPSA) is 114 Å². The number of ketones is 1. The lowest BCUT2D eigenvalue weighted by molar-refractivity contribution is -0.119. The Labute approximate surface area is 239 Å². The highest BCUT2D eigenvalue weighted by atomic mass is 16.5. The maximum Gasteiger partial charge on any atom is 0.320 e. The minimum Gasteiger partial charge on any atom is -0.439 e. The van der Waals surface area contributed by atoms with Gasteiger partial charge in [-0.25, -0.2) is 14.5 Å². The Balaban J connectivity index is 1.27. The molecule has 0 aliphatic carbocycles. The van der Waals surface area contributed by atoms with Crippen LogP contribution in [0.5, 0.6) is 11.6 Å². The Morgan fingerprint density at radius 1 is 1.02 bits per heavy atom. The highest BCUT2D eigenvalue weighted by Crippen LogP contribution is 2.28. The zero-order valence-electron chi connectivity index (χ0n) is 23.8. The normalized spacial score (nSPS) is 13.7. The van der Waals surface area contributed by atoms with Crippen LogP contribution in [0, 0.1) is 6.92 Å². The van der Waals surface area contributed by atoms with Crippen LogP contribution in [0.2, 0.25) is 0 Å². The van der Waals surface area contributed by atoms with Gasteiger partial charge in [-0.2, -0.15) is 10.1 Å². The lowest BCUT2D eigenvalue weighted by Gasteiger charge is -2.25. The fourth-order valence-corrected chi connectivity index (χ4v) is 4.42. The molecule has 10 heteroatoms. The molecular weight excluding hydrogens is 518 g/mol. The predicted molar refractivity (Wildman–Crippen MR) is 158 cm³/mol. The highest BCUT2D eigenvalue weighted by molar-refractivity contribution is 5.88. The number of hydrogen-bond acceptors (Lipinski definition) is 7. The predicted octanol–water partition coefficient (Wildman–Crippen LogP) is 5.55. The fourth-order valence-electron chi connectivity index (χ4n) is 4.42. The molecule has 4 aromatic rings. The van der Waals surface area contributed by atoms with E-state index in [1.165, 1.54) is 0 Å². The van der Waals surface area contributed by atoms with Gasteiger partial charge < -0.3 is 15.0 Å². The van der Waals surface area contributed by atoms with Gasteiger partial charge in [0.25, 0.3) is 0 Å². The van der Waals surface area contributed by atoms with E-state index in [-0.39, 0.29) is 23.8 Å². The number of nitrogens with one attached hydrogen (secondary N) is 2. The number of aryl methyl sites for hydroxylation is 1. The van der Waals surface area contributed by atoms with Crippen molar-refractivity contribution >= 4 is 23.6 Å². The molecule has 41 heavy (non-hydrogen) atoms. The van der Waals surface area contributed by atoms with Crippen molar-refractivity contribution < 1.29 is 14.3 Å². The van der Waals surface area contributed by atoms with Gasteiger partial charge in [0.2, 0.25) is 11.8 Å². The van der Waals surface area contributed by atoms with Crippen LogP contribution < -0.4 is 20.3 Å². The molecule has 1 aliphatic rings. The smallest absolute Gasteiger partial charge is 0.320 e. The summed E-state index contributed by atoms with van der Waals surface area (Å²) in [6.07, 6.45) is 2.63. The molecule has 2 amide bonds. The lowest BCUT2D eigenvalue weighted by Crippen LogP contribution is -2.34. The maximum absolute atomic E-state index is 13.0. The standard InChI is InChI=1S/C31H35N7O3/c1-21-9-11-23(12-10-21)38-27(19-26(36-38)31(2,3)4)34-30(40)33-20-22-7-5-6-8-25(22)41-28-13-16-32-29(35-28)37-17-14-24(39)15-18-37/h5-13,16,19H,14-15,17-18,20H2,1-4H3,(H2,33,34,40). The maximum atomic E-state index is 13.0. The number of urea groups is 1. The monoisotopic (exact) mass is 553 g/mol. The quantitative estimate of drug-likeness (QED) is 0.308. The first-order valence-corrected chi connectivity index (χ1v) is 13.7. The molecule has 0 spiro atoms. The van der Waals surface area contributed by atoms with Crippen LogP contribution in [0.3, 0.4) is 0 Å². The van der Waals surface area contributed by atoms with Crippen LogP contribution in [0.4, 0.5) is 16.6 Å². The van der Waals surface area contributed by atoms with Crippen molar-refractivity contribution in [3.8, 4) is 17.3 Å². The number of aromatic nitrogens is 4. The molecule has 0 bridgehead atoms. The summed E-state index contributed by atoms with van der Waals surface area (Å²) < 4.78 is 7.86. The summed E-state index contributed by atoms with van der Waals surface area (Å²) in [6.45, 7) is 9.72. The van der Waals surface area contributed by atoms with Crippen LogP contribution in [-0.2, 0) is 16.8 Å². The number of nitrogens with zero attached hydrogens (tertiary/aromatic N) is 5. The Bertz CT molecular complexity index is 1530. The average molecular weight is 554 g/mol. The second-order valence-corrected chi connectivity index (χ2v) is 11.2. The van der Waals surface area contributed by atoms with Gasteiger partial charge in [0.1, 0.15) is 17.4 Å². The van der Waals surface area contributed by atoms with E-state index in [2.05, 4.69) is 41.4 Å². The number of ether oxygens (including phenoxy) is 1. The van der Waals surface area contributed by atoms with Gasteiger partial charge in [0.15, 0.2) is 0 Å². The Kier molecular flexibility index (Phi) is 8.00. The van der Waals surface area contributed by atoms with Crippen molar-refractivity contribution in [2.75, 3.05) is 23.3 Å². The first-order chi connectivity index (χ1) is 19.7. The summed E-state index contributed by atoms with van der Waals surface area (Å²) in [5.74, 6) is 2.33. The van der Waals surface area contributed by atoms with E-state index < -0.39 is 0 Å². The second-order valence-electron chi connectivity index (χ2n) is 11.2. The molecule has 2 aromatic carbocycles. The van der Waals surface area contributed by atoms with Gasteiger partial charge in [-0.1, -0.05) is 56.7 Å². The van der Waals surface area contributed by atoms with E-state index >= 15 is 0 Å². The van der Waals surface area contributed by atoms with E-state index in [0.717, 1.165) is 22.5 Å². The number of amides is 2. The van der Waals surface area contributed by atoms with Gasteiger partial charge >= 0.3 is 6.03 Å². The van der Waals surface area contributed by atoms with Gasteiger partial charge in [0, 0.05) is 61.8 Å². The molecule has 0 radical (unpaired) electrons. The molecular formula is C31H35N7O3. The Morgan fingerprint density at radius 3 is 2.49 bits per heavy atom. The lowest BCUT2D eigenvalue weighted by atomic mass is 9.92. The number of carbonyl (C=O) groups is 2. The number of piperidine rings is 1. The van der Waals surface area contributed by atoms with Crippen molar-refractivity contribution in [2.24, 2.45) is 0 Å². The number of rotatable bonds is 7. The molecule has 1 fully saturated rings. The molecule has 212 valence electrons. The summed E-state index contributed by atoms with van der Waals surface area (Å²) in [5, 5.41) is 10.7. The summed E-state index contributed by atoms with van der Waals surface area (Å²) in [7, 11) is 0. The first kappa shape index (κ1) is 27.8. The van der Waals surface area contributed by atoms with Crippen molar-refractivity contribution in [1.29, 1.82) is 0 Å².